The molecule has 0 amide bonds. The van der Waals surface area contributed by atoms with Crippen LogP contribution in [0.2, 0.25) is 0 Å². The van der Waals surface area contributed by atoms with E-state index < -0.39 is 0 Å². The fourth-order valence-corrected chi connectivity index (χ4v) is 2.42. The SMILES string of the molecule is COCCOCCC1CSCC1=O. The van der Waals surface area contributed by atoms with E-state index in [4.69, 9.17) is 9.47 Å². The highest BCUT2D eigenvalue weighted by molar-refractivity contribution is 8.00. The predicted molar refractivity (Wildman–Crippen MR) is 53.1 cm³/mol. The van der Waals surface area contributed by atoms with Gasteiger partial charge in [-0.25, -0.2) is 0 Å². The smallest absolute Gasteiger partial charge is 0.146 e. The molecule has 0 saturated carbocycles. The molecule has 3 nitrogen and oxygen atoms in total. The second-order valence-corrected chi connectivity index (χ2v) is 4.10. The average Bonchev–Trinajstić information content (AvgIpc) is 2.52. The van der Waals surface area contributed by atoms with Crippen molar-refractivity contribution in [2.24, 2.45) is 5.92 Å². The summed E-state index contributed by atoms with van der Waals surface area (Å²) in [7, 11) is 1.65. The molecule has 1 heterocycles. The molecule has 1 aliphatic rings. The Morgan fingerprint density at radius 1 is 1.46 bits per heavy atom. The van der Waals surface area contributed by atoms with Gasteiger partial charge < -0.3 is 9.47 Å². The van der Waals surface area contributed by atoms with Crippen molar-refractivity contribution >= 4 is 17.5 Å². The highest BCUT2D eigenvalue weighted by Gasteiger charge is 2.24. The van der Waals surface area contributed by atoms with Gasteiger partial charge in [-0.05, 0) is 6.42 Å². The molecule has 0 aromatic carbocycles. The molecule has 1 rings (SSSR count). The van der Waals surface area contributed by atoms with Crippen LogP contribution in [0.3, 0.4) is 0 Å². The van der Waals surface area contributed by atoms with Crippen molar-refractivity contribution in [3.63, 3.8) is 0 Å². The number of Topliss-reactive ketones (excluding diaryl/α,β-unsaturated/α-hetero) is 1. The summed E-state index contributed by atoms with van der Waals surface area (Å²) < 4.78 is 10.1. The van der Waals surface area contributed by atoms with Gasteiger partial charge in [-0.1, -0.05) is 0 Å². The van der Waals surface area contributed by atoms with Gasteiger partial charge in [-0.15, -0.1) is 0 Å². The molecule has 0 radical (unpaired) electrons. The molecule has 0 aliphatic carbocycles. The molecular formula is C9H16O3S. The van der Waals surface area contributed by atoms with Crippen LogP contribution in [0, 0.1) is 5.92 Å². The minimum atomic E-state index is 0.243. The summed E-state index contributed by atoms with van der Waals surface area (Å²) in [6, 6.07) is 0. The molecule has 76 valence electrons. The summed E-state index contributed by atoms with van der Waals surface area (Å²) in [5.74, 6) is 2.31. The van der Waals surface area contributed by atoms with Crippen molar-refractivity contribution in [1.29, 1.82) is 0 Å². The highest BCUT2D eigenvalue weighted by atomic mass is 32.2. The largest absolute Gasteiger partial charge is 0.382 e. The van der Waals surface area contributed by atoms with Gasteiger partial charge in [-0.2, -0.15) is 11.8 Å². The summed E-state index contributed by atoms with van der Waals surface area (Å²) in [5.41, 5.74) is 0. The average molecular weight is 204 g/mol. The van der Waals surface area contributed by atoms with Gasteiger partial charge >= 0.3 is 0 Å². The number of carbonyl (C=O) groups is 1. The van der Waals surface area contributed by atoms with E-state index in [0.717, 1.165) is 12.2 Å². The summed E-state index contributed by atoms with van der Waals surface area (Å²) >= 11 is 1.73. The Morgan fingerprint density at radius 3 is 2.92 bits per heavy atom. The van der Waals surface area contributed by atoms with Crippen LogP contribution in [0.1, 0.15) is 6.42 Å². The van der Waals surface area contributed by atoms with Gasteiger partial charge in [0.15, 0.2) is 0 Å². The van der Waals surface area contributed by atoms with Crippen LogP contribution in [0.15, 0.2) is 0 Å². The number of carbonyl (C=O) groups excluding carboxylic acids is 1. The molecule has 1 atom stereocenters. The van der Waals surface area contributed by atoms with Crippen LogP contribution >= 0.6 is 11.8 Å². The van der Waals surface area contributed by atoms with Crippen molar-refractivity contribution in [2.45, 2.75) is 6.42 Å². The first-order chi connectivity index (χ1) is 6.34. The minimum Gasteiger partial charge on any atom is -0.382 e. The molecule has 0 bridgehead atoms. The fourth-order valence-electron chi connectivity index (χ4n) is 1.23. The van der Waals surface area contributed by atoms with E-state index in [1.165, 1.54) is 0 Å². The first-order valence-corrected chi connectivity index (χ1v) is 5.67. The lowest BCUT2D eigenvalue weighted by Gasteiger charge is -2.07. The van der Waals surface area contributed by atoms with Crippen molar-refractivity contribution in [2.75, 3.05) is 38.4 Å². The summed E-state index contributed by atoms with van der Waals surface area (Å²) in [4.78, 5) is 11.2. The summed E-state index contributed by atoms with van der Waals surface area (Å²) in [5, 5.41) is 0. The zero-order valence-electron chi connectivity index (χ0n) is 7.95. The highest BCUT2D eigenvalue weighted by Crippen LogP contribution is 2.22. The maximum Gasteiger partial charge on any atom is 0.146 e. The third kappa shape index (κ3) is 4.11. The molecule has 1 unspecified atom stereocenters. The van der Waals surface area contributed by atoms with Crippen LogP contribution in [-0.2, 0) is 14.3 Å². The topological polar surface area (TPSA) is 35.5 Å². The first-order valence-electron chi connectivity index (χ1n) is 4.51. The van der Waals surface area contributed by atoms with Crippen molar-refractivity contribution < 1.29 is 14.3 Å². The lowest BCUT2D eigenvalue weighted by atomic mass is 10.1. The Hall–Kier alpha value is -0.0600. The Labute approximate surface area is 83.2 Å². The van der Waals surface area contributed by atoms with E-state index in [2.05, 4.69) is 0 Å². The minimum absolute atomic E-state index is 0.243. The van der Waals surface area contributed by atoms with Crippen LogP contribution in [-0.4, -0.2) is 44.2 Å². The number of rotatable bonds is 6. The number of hydrogen-bond donors (Lipinski definition) is 0. The van der Waals surface area contributed by atoms with E-state index in [1.807, 2.05) is 0 Å². The lowest BCUT2D eigenvalue weighted by Crippen LogP contribution is -2.14. The van der Waals surface area contributed by atoms with E-state index in [-0.39, 0.29) is 5.92 Å². The van der Waals surface area contributed by atoms with E-state index in [1.54, 1.807) is 18.9 Å². The number of ketones is 1. The Balaban J connectivity index is 1.96. The normalized spacial score (nSPS) is 22.5. The van der Waals surface area contributed by atoms with Crippen molar-refractivity contribution in [1.82, 2.24) is 0 Å². The summed E-state index contributed by atoms with van der Waals surface area (Å²) in [6.45, 7) is 1.94. The molecule has 4 heteroatoms. The molecule has 0 spiro atoms. The molecule has 0 aromatic rings. The fraction of sp³-hybridized carbons (Fsp3) is 0.889. The summed E-state index contributed by atoms with van der Waals surface area (Å²) in [6.07, 6.45) is 0.871. The second-order valence-electron chi connectivity index (χ2n) is 3.07. The number of thioether (sulfide) groups is 1. The third-order valence-corrected chi connectivity index (χ3v) is 3.19. The van der Waals surface area contributed by atoms with Gasteiger partial charge in [-0.3, -0.25) is 4.79 Å². The van der Waals surface area contributed by atoms with Crippen LogP contribution < -0.4 is 0 Å². The predicted octanol–water partition coefficient (Wildman–Crippen LogP) is 0.972. The molecule has 0 aromatic heterocycles. The van der Waals surface area contributed by atoms with E-state index in [9.17, 15) is 4.79 Å². The maximum absolute atomic E-state index is 11.2. The first kappa shape index (κ1) is 11.0. The monoisotopic (exact) mass is 204 g/mol. The number of methoxy groups -OCH3 is 1. The van der Waals surface area contributed by atoms with Crippen molar-refractivity contribution in [3.8, 4) is 0 Å². The van der Waals surface area contributed by atoms with E-state index in [0.29, 0.717) is 31.4 Å². The maximum atomic E-state index is 11.2. The van der Waals surface area contributed by atoms with Crippen LogP contribution in [0.25, 0.3) is 0 Å². The standard InChI is InChI=1S/C9H16O3S/c1-11-4-5-12-3-2-8-6-13-7-9(8)10/h8H,2-7H2,1H3. The molecule has 0 N–H and O–H groups in total. The van der Waals surface area contributed by atoms with Crippen molar-refractivity contribution in [3.05, 3.63) is 0 Å². The van der Waals surface area contributed by atoms with Gasteiger partial charge in [0.2, 0.25) is 0 Å². The van der Waals surface area contributed by atoms with Crippen LogP contribution in [0.4, 0.5) is 0 Å². The Bertz CT molecular complexity index is 161. The van der Waals surface area contributed by atoms with Gasteiger partial charge in [0.05, 0.1) is 19.0 Å². The molecule has 1 saturated heterocycles. The van der Waals surface area contributed by atoms with Gasteiger partial charge in [0.1, 0.15) is 5.78 Å². The molecular weight excluding hydrogens is 188 g/mol. The van der Waals surface area contributed by atoms with Gasteiger partial charge in [0.25, 0.3) is 0 Å². The lowest BCUT2D eigenvalue weighted by molar-refractivity contribution is -0.119. The Morgan fingerprint density at radius 2 is 2.31 bits per heavy atom. The van der Waals surface area contributed by atoms with Crippen LogP contribution in [0.5, 0.6) is 0 Å². The second kappa shape index (κ2) is 6.40. The number of ether oxygens (including phenoxy) is 2. The third-order valence-electron chi connectivity index (χ3n) is 2.06. The van der Waals surface area contributed by atoms with Gasteiger partial charge in [0, 0.05) is 25.4 Å². The zero-order chi connectivity index (χ0) is 9.52. The zero-order valence-corrected chi connectivity index (χ0v) is 8.77. The number of hydrogen-bond acceptors (Lipinski definition) is 4. The molecule has 13 heavy (non-hydrogen) atoms. The molecule has 1 aliphatic heterocycles. The molecule has 1 fully saturated rings. The Kier molecular flexibility index (Phi) is 5.43. The quantitative estimate of drug-likeness (QED) is 0.604. The van der Waals surface area contributed by atoms with E-state index >= 15 is 0 Å².